The third kappa shape index (κ3) is 3.96. The van der Waals surface area contributed by atoms with Gasteiger partial charge in [-0.2, -0.15) is 4.52 Å². The van der Waals surface area contributed by atoms with E-state index in [-0.39, 0.29) is 11.5 Å². The van der Waals surface area contributed by atoms with E-state index in [9.17, 15) is 9.59 Å². The van der Waals surface area contributed by atoms with E-state index in [4.69, 9.17) is 4.98 Å². The molecular formula is C25H30N6O2S. The number of hydrogen-bond acceptors (Lipinski definition) is 7. The summed E-state index contributed by atoms with van der Waals surface area (Å²) >= 11 is 1.49. The number of hydrogen-bond donors (Lipinski definition) is 0. The topological polar surface area (TPSA) is 74.0 Å². The summed E-state index contributed by atoms with van der Waals surface area (Å²) in [7, 11) is 0. The average molecular weight is 479 g/mol. The maximum Gasteiger partial charge on any atom is 0.278 e. The Bertz CT molecular complexity index is 1240. The second-order valence-corrected chi connectivity index (χ2v) is 10.5. The van der Waals surface area contributed by atoms with Gasteiger partial charge in [0.25, 0.3) is 5.56 Å². The second-order valence-electron chi connectivity index (χ2n) is 9.54. The predicted molar refractivity (Wildman–Crippen MR) is 134 cm³/mol. The zero-order valence-electron chi connectivity index (χ0n) is 19.4. The highest BCUT2D eigenvalue weighted by atomic mass is 32.1. The lowest BCUT2D eigenvalue weighted by Crippen LogP contribution is -2.51. The highest BCUT2D eigenvalue weighted by Crippen LogP contribution is 2.29. The van der Waals surface area contributed by atoms with Crippen molar-refractivity contribution in [1.29, 1.82) is 0 Å². The van der Waals surface area contributed by atoms with Crippen LogP contribution in [0, 0.1) is 5.92 Å². The van der Waals surface area contributed by atoms with Crippen LogP contribution in [0.5, 0.6) is 0 Å². The Hall–Kier alpha value is -2.94. The first kappa shape index (κ1) is 21.6. The van der Waals surface area contributed by atoms with Gasteiger partial charge in [0, 0.05) is 56.4 Å². The van der Waals surface area contributed by atoms with Gasteiger partial charge >= 0.3 is 0 Å². The second kappa shape index (κ2) is 9.02. The normalized spacial score (nSPS) is 19.5. The number of aromatic nitrogens is 3. The van der Waals surface area contributed by atoms with Crippen LogP contribution in [-0.2, 0) is 17.6 Å². The van der Waals surface area contributed by atoms with Gasteiger partial charge in [-0.05, 0) is 50.7 Å². The Labute approximate surface area is 202 Å². The third-order valence-corrected chi connectivity index (χ3v) is 8.47. The van der Waals surface area contributed by atoms with Crippen molar-refractivity contribution in [2.45, 2.75) is 38.5 Å². The summed E-state index contributed by atoms with van der Waals surface area (Å²) in [6, 6.07) is 10.4. The summed E-state index contributed by atoms with van der Waals surface area (Å²) < 4.78 is 1.49. The number of piperazine rings is 1. The molecule has 1 aliphatic carbocycles. The van der Waals surface area contributed by atoms with E-state index >= 15 is 0 Å². The number of rotatable bonds is 3. The zero-order chi connectivity index (χ0) is 23.1. The molecule has 0 unspecified atom stereocenters. The number of anilines is 2. The molecule has 178 valence electrons. The number of amides is 1. The van der Waals surface area contributed by atoms with Crippen LogP contribution in [0.15, 0.2) is 35.1 Å². The van der Waals surface area contributed by atoms with Crippen LogP contribution < -0.4 is 15.4 Å². The monoisotopic (exact) mass is 478 g/mol. The first-order valence-corrected chi connectivity index (χ1v) is 13.2. The van der Waals surface area contributed by atoms with E-state index in [1.807, 2.05) is 11.0 Å². The molecule has 0 bridgehead atoms. The number of carbonyl (C=O) groups excluding carboxylic acids is 1. The lowest BCUT2D eigenvalue weighted by molar-refractivity contribution is -0.136. The van der Waals surface area contributed by atoms with Gasteiger partial charge in [-0.1, -0.05) is 29.5 Å². The van der Waals surface area contributed by atoms with Crippen LogP contribution in [0.1, 0.15) is 36.9 Å². The smallest absolute Gasteiger partial charge is 0.278 e. The Balaban J connectivity index is 1.08. The van der Waals surface area contributed by atoms with E-state index < -0.39 is 0 Å². The Morgan fingerprint density at radius 2 is 1.65 bits per heavy atom. The molecule has 3 aliphatic rings. The van der Waals surface area contributed by atoms with E-state index in [0.29, 0.717) is 10.9 Å². The van der Waals surface area contributed by atoms with Crippen molar-refractivity contribution in [3.05, 3.63) is 51.9 Å². The molecule has 0 N–H and O–H groups in total. The molecule has 3 aromatic rings. The molecule has 2 saturated heterocycles. The molecule has 2 aromatic heterocycles. The molecule has 6 rings (SSSR count). The Kier molecular flexibility index (Phi) is 5.72. The number of carbonyl (C=O) groups is 1. The van der Waals surface area contributed by atoms with Crippen molar-refractivity contribution in [2.75, 3.05) is 49.1 Å². The van der Waals surface area contributed by atoms with Gasteiger partial charge in [-0.25, -0.2) is 4.98 Å². The number of aryl methyl sites for hydroxylation is 1. The van der Waals surface area contributed by atoms with Crippen molar-refractivity contribution >= 4 is 33.0 Å². The molecule has 2 fully saturated rings. The third-order valence-electron chi connectivity index (χ3n) is 7.50. The summed E-state index contributed by atoms with van der Waals surface area (Å²) in [5.74, 6) is 0.365. The van der Waals surface area contributed by atoms with Crippen LogP contribution in [0.2, 0.25) is 0 Å². The van der Waals surface area contributed by atoms with Gasteiger partial charge < -0.3 is 14.7 Å². The molecule has 0 spiro atoms. The molecule has 34 heavy (non-hydrogen) atoms. The zero-order valence-corrected chi connectivity index (χ0v) is 20.2. The molecule has 0 atom stereocenters. The summed E-state index contributed by atoms with van der Waals surface area (Å²) in [6.45, 7) is 4.90. The maximum absolute atomic E-state index is 13.2. The quantitative estimate of drug-likeness (QED) is 0.576. The molecule has 4 heterocycles. The van der Waals surface area contributed by atoms with Crippen molar-refractivity contribution in [1.82, 2.24) is 19.5 Å². The summed E-state index contributed by atoms with van der Waals surface area (Å²) in [6.07, 6.45) is 5.50. The minimum atomic E-state index is 0.00177. The summed E-state index contributed by atoms with van der Waals surface area (Å²) in [5.41, 5.74) is 3.04. The highest BCUT2D eigenvalue weighted by molar-refractivity contribution is 7.20. The van der Waals surface area contributed by atoms with E-state index in [1.54, 1.807) is 0 Å². The van der Waals surface area contributed by atoms with Crippen molar-refractivity contribution < 1.29 is 4.79 Å². The number of nitrogens with zero attached hydrogens (tertiary/aromatic N) is 6. The van der Waals surface area contributed by atoms with Crippen LogP contribution >= 0.6 is 11.3 Å². The average Bonchev–Trinajstić information content (AvgIpc) is 3.34. The highest BCUT2D eigenvalue weighted by Gasteiger charge is 2.31. The Morgan fingerprint density at radius 3 is 2.41 bits per heavy atom. The largest absolute Gasteiger partial charge is 0.368 e. The first-order chi connectivity index (χ1) is 16.7. The minimum Gasteiger partial charge on any atom is -0.368 e. The van der Waals surface area contributed by atoms with Crippen molar-refractivity contribution in [3.8, 4) is 0 Å². The molecular weight excluding hydrogens is 448 g/mol. The van der Waals surface area contributed by atoms with E-state index in [2.05, 4.69) is 39.2 Å². The van der Waals surface area contributed by atoms with E-state index in [1.165, 1.54) is 21.5 Å². The molecule has 1 amide bonds. The first-order valence-electron chi connectivity index (χ1n) is 12.4. The molecule has 1 aromatic carbocycles. The van der Waals surface area contributed by atoms with Crippen LogP contribution in [-0.4, -0.2) is 64.7 Å². The fraction of sp³-hybridized carbons (Fsp3) is 0.520. The van der Waals surface area contributed by atoms with Gasteiger partial charge in [-0.3, -0.25) is 9.59 Å². The van der Waals surface area contributed by atoms with E-state index in [0.717, 1.165) is 94.2 Å². The number of benzene rings is 1. The van der Waals surface area contributed by atoms with Crippen molar-refractivity contribution in [2.24, 2.45) is 5.92 Å². The van der Waals surface area contributed by atoms with Crippen LogP contribution in [0.4, 0.5) is 10.8 Å². The molecule has 9 heteroatoms. The molecule has 8 nitrogen and oxygen atoms in total. The van der Waals surface area contributed by atoms with Gasteiger partial charge in [0.2, 0.25) is 16.0 Å². The van der Waals surface area contributed by atoms with Gasteiger partial charge in [-0.15, -0.1) is 5.10 Å². The summed E-state index contributed by atoms with van der Waals surface area (Å²) in [5, 5.41) is 5.47. The van der Waals surface area contributed by atoms with Gasteiger partial charge in [0.05, 0.1) is 5.69 Å². The fourth-order valence-electron chi connectivity index (χ4n) is 5.49. The number of piperidine rings is 1. The van der Waals surface area contributed by atoms with Crippen LogP contribution in [0.25, 0.3) is 4.96 Å². The lowest BCUT2D eigenvalue weighted by Gasteiger charge is -2.39. The number of fused-ring (bicyclic) bond motifs is 2. The molecule has 0 saturated carbocycles. The molecule has 0 radical (unpaired) electrons. The maximum atomic E-state index is 13.2. The van der Waals surface area contributed by atoms with Gasteiger partial charge in [0.15, 0.2) is 0 Å². The minimum absolute atomic E-state index is 0.00177. The standard InChI is InChI=1S/C25H30N6O2S/c32-22(29-16-14-28(15-17-29)19-6-2-1-3-7-19)18-10-12-30(13-11-18)25-27-31-23(33)20-8-4-5-9-21(20)26-24(31)34-25/h1-3,6-7,18H,4-5,8-17H2. The van der Waals surface area contributed by atoms with Crippen molar-refractivity contribution in [3.63, 3.8) is 0 Å². The SMILES string of the molecule is O=C(C1CCN(c2nn3c(=O)c4c(nc3s2)CCCC4)CC1)N1CCN(c2ccccc2)CC1. The van der Waals surface area contributed by atoms with Gasteiger partial charge in [0.1, 0.15) is 0 Å². The van der Waals surface area contributed by atoms with Crippen LogP contribution in [0.3, 0.4) is 0 Å². The molecule has 2 aliphatic heterocycles. The fourth-order valence-corrected chi connectivity index (χ4v) is 6.45. The summed E-state index contributed by atoms with van der Waals surface area (Å²) in [4.78, 5) is 38.1. The predicted octanol–water partition coefficient (Wildman–Crippen LogP) is 2.60. The lowest BCUT2D eigenvalue weighted by atomic mass is 9.95. The Morgan fingerprint density at radius 1 is 0.912 bits per heavy atom. The number of para-hydroxylation sites is 1.